The molecule has 2 aromatic carbocycles. The molecule has 3 aromatic rings. The van der Waals surface area contributed by atoms with Crippen LogP contribution in [-0.4, -0.2) is 28.1 Å². The molecule has 0 unspecified atom stereocenters. The molecule has 6 heteroatoms. The molecule has 0 radical (unpaired) electrons. The number of benzene rings is 2. The van der Waals surface area contributed by atoms with Gasteiger partial charge in [-0.1, -0.05) is 6.92 Å². The van der Waals surface area contributed by atoms with E-state index >= 15 is 0 Å². The van der Waals surface area contributed by atoms with Gasteiger partial charge in [0.2, 0.25) is 5.91 Å². The van der Waals surface area contributed by atoms with Crippen LogP contribution in [0, 0.1) is 18.8 Å². The molecule has 0 spiro atoms. The number of aliphatic hydroxyl groups excluding tert-OH is 1. The molecular weight excluding hydrogens is 406 g/mol. The van der Waals surface area contributed by atoms with Crippen molar-refractivity contribution in [1.82, 2.24) is 0 Å². The zero-order chi connectivity index (χ0) is 23.2. The Bertz CT molecular complexity index is 1180. The van der Waals surface area contributed by atoms with Gasteiger partial charge in [-0.3, -0.25) is 4.79 Å². The number of hydrogen-bond acceptors (Lipinski definition) is 4. The van der Waals surface area contributed by atoms with Crippen LogP contribution in [0.2, 0.25) is 0 Å². The van der Waals surface area contributed by atoms with Crippen molar-refractivity contribution in [2.45, 2.75) is 66.0 Å². The fourth-order valence-electron chi connectivity index (χ4n) is 4.90. The third kappa shape index (κ3) is 3.88. The van der Waals surface area contributed by atoms with Crippen LogP contribution in [0.1, 0.15) is 67.9 Å². The summed E-state index contributed by atoms with van der Waals surface area (Å²) in [6.45, 7) is 7.85. The number of carboxylic acids is 1. The SMILES string of the molecule is Cc1cc2oc3cc(C(=O)O)c(N(C(=O)[C@H]4CC[C@H](C)CC4)C(C)C)cc3c2cc1CO. The van der Waals surface area contributed by atoms with E-state index < -0.39 is 5.97 Å². The lowest BCUT2D eigenvalue weighted by Gasteiger charge is -2.34. The van der Waals surface area contributed by atoms with E-state index in [0.29, 0.717) is 22.8 Å². The lowest BCUT2D eigenvalue weighted by atomic mass is 9.82. The van der Waals surface area contributed by atoms with Crippen molar-refractivity contribution in [3.63, 3.8) is 0 Å². The molecule has 1 amide bonds. The minimum atomic E-state index is -1.09. The van der Waals surface area contributed by atoms with Gasteiger partial charge >= 0.3 is 5.97 Å². The maximum absolute atomic E-state index is 13.6. The zero-order valence-electron chi connectivity index (χ0n) is 19.1. The Morgan fingerprint density at radius 3 is 2.28 bits per heavy atom. The molecule has 0 atom stereocenters. The summed E-state index contributed by atoms with van der Waals surface area (Å²) >= 11 is 0. The first-order valence-electron chi connectivity index (χ1n) is 11.4. The van der Waals surface area contributed by atoms with Gasteiger partial charge in [0.1, 0.15) is 11.2 Å². The van der Waals surface area contributed by atoms with Crippen molar-refractivity contribution in [2.24, 2.45) is 11.8 Å². The number of amides is 1. The number of furan rings is 1. The molecule has 0 aliphatic heterocycles. The van der Waals surface area contributed by atoms with Gasteiger partial charge in [-0.15, -0.1) is 0 Å². The normalized spacial score (nSPS) is 19.1. The maximum atomic E-state index is 13.6. The van der Waals surface area contributed by atoms with Crippen molar-refractivity contribution < 1.29 is 24.2 Å². The molecule has 32 heavy (non-hydrogen) atoms. The van der Waals surface area contributed by atoms with Crippen LogP contribution < -0.4 is 4.90 Å². The predicted octanol–water partition coefficient (Wildman–Crippen LogP) is 5.65. The fraction of sp³-hybridized carbons (Fsp3) is 0.462. The van der Waals surface area contributed by atoms with E-state index in [1.54, 1.807) is 11.0 Å². The minimum absolute atomic E-state index is 0.00607. The van der Waals surface area contributed by atoms with Crippen LogP contribution in [0.4, 0.5) is 5.69 Å². The summed E-state index contributed by atoms with van der Waals surface area (Å²) in [5.74, 6) is -0.562. The molecule has 1 fully saturated rings. The summed E-state index contributed by atoms with van der Waals surface area (Å²) in [6, 6.07) is 6.84. The van der Waals surface area contributed by atoms with E-state index in [0.717, 1.165) is 47.6 Å². The highest BCUT2D eigenvalue weighted by Crippen LogP contribution is 2.38. The van der Waals surface area contributed by atoms with E-state index in [2.05, 4.69) is 6.92 Å². The first kappa shape index (κ1) is 22.3. The zero-order valence-corrected chi connectivity index (χ0v) is 19.1. The Kier molecular flexibility index (Phi) is 5.99. The number of carboxylic acid groups (broad SMARTS) is 1. The van der Waals surface area contributed by atoms with Crippen LogP contribution in [-0.2, 0) is 11.4 Å². The van der Waals surface area contributed by atoms with E-state index in [-0.39, 0.29) is 30.0 Å². The molecule has 1 aromatic heterocycles. The van der Waals surface area contributed by atoms with E-state index in [1.165, 1.54) is 6.07 Å². The number of hydrogen-bond donors (Lipinski definition) is 2. The van der Waals surface area contributed by atoms with Crippen molar-refractivity contribution in [2.75, 3.05) is 4.90 Å². The molecule has 1 saturated carbocycles. The van der Waals surface area contributed by atoms with Crippen molar-refractivity contribution >= 4 is 39.5 Å². The number of carbonyl (C=O) groups is 2. The highest BCUT2D eigenvalue weighted by atomic mass is 16.4. The first-order valence-corrected chi connectivity index (χ1v) is 11.4. The van der Waals surface area contributed by atoms with Crippen LogP contribution in [0.5, 0.6) is 0 Å². The standard InChI is InChI=1S/C26H31NO5/c1-14(2)27(25(29)17-7-5-15(3)6-8-17)22-11-20-19-10-18(13-28)16(4)9-23(19)32-24(20)12-21(22)26(30)31/h9-12,14-15,17,28H,5-8,13H2,1-4H3,(H,30,31)/t15-,17-. The highest BCUT2D eigenvalue weighted by Gasteiger charge is 2.33. The summed E-state index contributed by atoms with van der Waals surface area (Å²) in [5.41, 5.74) is 3.24. The number of aliphatic hydroxyl groups is 1. The molecule has 1 aliphatic rings. The van der Waals surface area contributed by atoms with Crippen LogP contribution >= 0.6 is 0 Å². The van der Waals surface area contributed by atoms with Gasteiger partial charge in [-0.2, -0.15) is 0 Å². The van der Waals surface area contributed by atoms with Gasteiger partial charge in [0.25, 0.3) is 0 Å². The van der Waals surface area contributed by atoms with E-state index in [9.17, 15) is 19.8 Å². The molecule has 1 heterocycles. The maximum Gasteiger partial charge on any atom is 0.337 e. The second kappa shape index (κ2) is 8.58. The van der Waals surface area contributed by atoms with Gasteiger partial charge in [-0.25, -0.2) is 4.79 Å². The van der Waals surface area contributed by atoms with Crippen molar-refractivity contribution in [1.29, 1.82) is 0 Å². The monoisotopic (exact) mass is 437 g/mol. The number of nitrogens with zero attached hydrogens (tertiary/aromatic N) is 1. The van der Waals surface area contributed by atoms with Gasteiger partial charge < -0.3 is 19.5 Å². The average molecular weight is 438 g/mol. The largest absolute Gasteiger partial charge is 0.478 e. The van der Waals surface area contributed by atoms with Gasteiger partial charge in [0.15, 0.2) is 0 Å². The molecule has 170 valence electrons. The number of anilines is 1. The highest BCUT2D eigenvalue weighted by molar-refractivity contribution is 6.12. The van der Waals surface area contributed by atoms with Gasteiger partial charge in [0.05, 0.1) is 17.9 Å². The molecule has 0 bridgehead atoms. The summed E-state index contributed by atoms with van der Waals surface area (Å²) in [4.78, 5) is 27.4. The predicted molar refractivity (Wildman–Crippen MR) is 125 cm³/mol. The fourth-order valence-corrected chi connectivity index (χ4v) is 4.90. The Balaban J connectivity index is 1.89. The molecule has 6 nitrogen and oxygen atoms in total. The average Bonchev–Trinajstić information content (AvgIpc) is 3.08. The number of carbonyl (C=O) groups excluding carboxylic acids is 1. The van der Waals surface area contributed by atoms with Crippen LogP contribution in [0.25, 0.3) is 21.9 Å². The van der Waals surface area contributed by atoms with Crippen LogP contribution in [0.3, 0.4) is 0 Å². The lowest BCUT2D eigenvalue weighted by molar-refractivity contribution is -0.123. The van der Waals surface area contributed by atoms with Crippen LogP contribution in [0.15, 0.2) is 28.7 Å². The molecular formula is C26H31NO5. The van der Waals surface area contributed by atoms with E-state index in [1.807, 2.05) is 32.9 Å². The van der Waals surface area contributed by atoms with Gasteiger partial charge in [-0.05, 0) is 87.8 Å². The quantitative estimate of drug-likeness (QED) is 0.538. The number of fused-ring (bicyclic) bond motifs is 3. The lowest BCUT2D eigenvalue weighted by Crippen LogP contribution is -2.42. The second-order valence-electron chi connectivity index (χ2n) is 9.46. The Morgan fingerprint density at radius 2 is 1.69 bits per heavy atom. The summed E-state index contributed by atoms with van der Waals surface area (Å²) in [6.07, 6.45) is 3.70. The van der Waals surface area contributed by atoms with Gasteiger partial charge in [0, 0.05) is 22.7 Å². The summed E-state index contributed by atoms with van der Waals surface area (Å²) in [5, 5.41) is 21.2. The Labute approximate surface area is 187 Å². The summed E-state index contributed by atoms with van der Waals surface area (Å²) in [7, 11) is 0. The third-order valence-corrected chi connectivity index (χ3v) is 6.83. The first-order chi connectivity index (χ1) is 15.2. The molecule has 4 rings (SSSR count). The number of rotatable bonds is 5. The molecule has 2 N–H and O–H groups in total. The molecule has 0 saturated heterocycles. The summed E-state index contributed by atoms with van der Waals surface area (Å²) < 4.78 is 5.96. The topological polar surface area (TPSA) is 91.0 Å². The number of aryl methyl sites for hydroxylation is 1. The molecule has 1 aliphatic carbocycles. The smallest absolute Gasteiger partial charge is 0.337 e. The Morgan fingerprint density at radius 1 is 1.06 bits per heavy atom. The van der Waals surface area contributed by atoms with Crippen molar-refractivity contribution in [3.05, 3.63) is 41.0 Å². The van der Waals surface area contributed by atoms with Crippen molar-refractivity contribution in [3.8, 4) is 0 Å². The second-order valence-corrected chi connectivity index (χ2v) is 9.46. The third-order valence-electron chi connectivity index (χ3n) is 6.83. The Hall–Kier alpha value is -2.86. The van der Waals surface area contributed by atoms with E-state index in [4.69, 9.17) is 4.42 Å². The minimum Gasteiger partial charge on any atom is -0.478 e. The number of aromatic carboxylic acids is 1.